The summed E-state index contributed by atoms with van der Waals surface area (Å²) in [6, 6.07) is 7.61. The summed E-state index contributed by atoms with van der Waals surface area (Å²) in [6.07, 6.45) is 1.42. The third kappa shape index (κ3) is 5.72. The highest BCUT2D eigenvalue weighted by Crippen LogP contribution is 2.26. The summed E-state index contributed by atoms with van der Waals surface area (Å²) >= 11 is 1.29. The van der Waals surface area contributed by atoms with Gasteiger partial charge in [0.25, 0.3) is 5.91 Å². The fourth-order valence-corrected chi connectivity index (χ4v) is 3.43. The second-order valence-electron chi connectivity index (χ2n) is 7.13. The van der Waals surface area contributed by atoms with Crippen molar-refractivity contribution in [2.24, 2.45) is 0 Å². The average molecular weight is 442 g/mol. The fraction of sp³-hybridized carbons (Fsp3) is 0.300. The van der Waals surface area contributed by atoms with E-state index in [1.807, 2.05) is 36.6 Å². The zero-order valence-corrected chi connectivity index (χ0v) is 18.4. The molecule has 1 unspecified atom stereocenters. The van der Waals surface area contributed by atoms with E-state index in [2.05, 4.69) is 25.9 Å². The first-order valence-electron chi connectivity index (χ1n) is 9.47. The van der Waals surface area contributed by atoms with E-state index in [9.17, 15) is 14.4 Å². The lowest BCUT2D eigenvalue weighted by Crippen LogP contribution is -2.26. The van der Waals surface area contributed by atoms with Crippen molar-refractivity contribution in [3.8, 4) is 11.3 Å². The van der Waals surface area contributed by atoms with Gasteiger partial charge >= 0.3 is 0 Å². The Morgan fingerprint density at radius 3 is 2.55 bits per heavy atom. The molecule has 2 N–H and O–H groups in total. The van der Waals surface area contributed by atoms with Gasteiger partial charge in [-0.3, -0.25) is 19.7 Å². The van der Waals surface area contributed by atoms with Gasteiger partial charge in [0, 0.05) is 32.0 Å². The van der Waals surface area contributed by atoms with E-state index in [4.69, 9.17) is 0 Å². The lowest BCUT2D eigenvalue weighted by atomic mass is 10.1. The lowest BCUT2D eigenvalue weighted by Gasteiger charge is -2.12. The molecule has 162 valence electrons. The summed E-state index contributed by atoms with van der Waals surface area (Å²) in [6.45, 7) is 3.41. The fourth-order valence-electron chi connectivity index (χ4n) is 2.72. The number of anilines is 1. The minimum atomic E-state index is -0.455. The van der Waals surface area contributed by atoms with Crippen molar-refractivity contribution in [2.45, 2.75) is 26.4 Å². The van der Waals surface area contributed by atoms with Crippen LogP contribution in [-0.4, -0.2) is 56.7 Å². The Labute approximate surface area is 183 Å². The monoisotopic (exact) mass is 441 g/mol. The number of nitrogens with one attached hydrogen (secondary N) is 2. The molecule has 10 nitrogen and oxygen atoms in total. The highest BCUT2D eigenvalue weighted by Gasteiger charge is 2.15. The SMILES string of the molecule is CC(=O)NC(C)c1ccc(-c2csc(NC(=O)c3cn(CC(=O)N(C)C)nn3)n2)cc1. The lowest BCUT2D eigenvalue weighted by molar-refractivity contribution is -0.129. The van der Waals surface area contributed by atoms with E-state index in [0.29, 0.717) is 5.13 Å². The van der Waals surface area contributed by atoms with Crippen LogP contribution in [0.2, 0.25) is 0 Å². The average Bonchev–Trinajstić information content (AvgIpc) is 3.37. The third-order valence-electron chi connectivity index (χ3n) is 4.42. The molecule has 0 spiro atoms. The van der Waals surface area contributed by atoms with Gasteiger partial charge in [-0.1, -0.05) is 29.5 Å². The molecule has 1 aromatic carbocycles. The van der Waals surface area contributed by atoms with Crippen molar-refractivity contribution >= 4 is 34.2 Å². The molecule has 0 bridgehead atoms. The summed E-state index contributed by atoms with van der Waals surface area (Å²) < 4.78 is 1.31. The molecule has 0 aliphatic heterocycles. The molecule has 11 heteroatoms. The van der Waals surface area contributed by atoms with Crippen LogP contribution < -0.4 is 10.6 Å². The molecule has 0 aliphatic carbocycles. The largest absolute Gasteiger partial charge is 0.350 e. The van der Waals surface area contributed by atoms with Gasteiger partial charge in [0.1, 0.15) is 6.54 Å². The Hall–Kier alpha value is -3.60. The van der Waals surface area contributed by atoms with Gasteiger partial charge in [-0.25, -0.2) is 9.67 Å². The minimum absolute atomic E-state index is 0.00519. The predicted octanol–water partition coefficient (Wildman–Crippen LogP) is 1.94. The number of aromatic nitrogens is 4. The van der Waals surface area contributed by atoms with Crippen LogP contribution in [0.3, 0.4) is 0 Å². The second-order valence-corrected chi connectivity index (χ2v) is 7.98. The molecule has 2 aromatic heterocycles. The van der Waals surface area contributed by atoms with Gasteiger partial charge in [-0.2, -0.15) is 0 Å². The van der Waals surface area contributed by atoms with Crippen molar-refractivity contribution in [3.05, 3.63) is 47.1 Å². The zero-order valence-electron chi connectivity index (χ0n) is 17.6. The molecular formula is C20H23N7O3S. The topological polar surface area (TPSA) is 122 Å². The molecule has 3 aromatic rings. The summed E-state index contributed by atoms with van der Waals surface area (Å²) in [7, 11) is 3.29. The molecule has 31 heavy (non-hydrogen) atoms. The summed E-state index contributed by atoms with van der Waals surface area (Å²) in [4.78, 5) is 41.2. The second kappa shape index (κ2) is 9.47. The van der Waals surface area contributed by atoms with Crippen LogP contribution in [0.4, 0.5) is 5.13 Å². The Bertz CT molecular complexity index is 1090. The highest BCUT2D eigenvalue weighted by atomic mass is 32.1. The first-order valence-corrected chi connectivity index (χ1v) is 10.4. The zero-order chi connectivity index (χ0) is 22.5. The van der Waals surface area contributed by atoms with Crippen LogP contribution >= 0.6 is 11.3 Å². The number of carbonyl (C=O) groups is 3. The maximum Gasteiger partial charge on any atom is 0.279 e. The Morgan fingerprint density at radius 2 is 1.90 bits per heavy atom. The molecule has 0 saturated heterocycles. The van der Waals surface area contributed by atoms with Gasteiger partial charge < -0.3 is 10.2 Å². The van der Waals surface area contributed by atoms with Gasteiger partial charge in [0.05, 0.1) is 17.9 Å². The molecular weight excluding hydrogens is 418 g/mol. The maximum atomic E-state index is 12.4. The number of benzene rings is 1. The molecule has 0 saturated carbocycles. The van der Waals surface area contributed by atoms with Gasteiger partial charge in [-0.05, 0) is 12.5 Å². The van der Waals surface area contributed by atoms with Crippen LogP contribution in [0.5, 0.6) is 0 Å². The normalized spacial score (nSPS) is 11.6. The molecule has 0 fully saturated rings. The third-order valence-corrected chi connectivity index (χ3v) is 5.18. The summed E-state index contributed by atoms with van der Waals surface area (Å²) in [5, 5.41) is 15.4. The molecule has 1 atom stereocenters. The van der Waals surface area contributed by atoms with E-state index in [1.165, 1.54) is 34.0 Å². The Morgan fingerprint density at radius 1 is 1.19 bits per heavy atom. The number of carbonyl (C=O) groups excluding carboxylic acids is 3. The molecule has 0 radical (unpaired) electrons. The van der Waals surface area contributed by atoms with Crippen molar-refractivity contribution < 1.29 is 14.4 Å². The van der Waals surface area contributed by atoms with Crippen molar-refractivity contribution in [1.82, 2.24) is 30.2 Å². The Balaban J connectivity index is 1.63. The predicted molar refractivity (Wildman–Crippen MR) is 116 cm³/mol. The standard InChI is InChI=1S/C20H23N7O3S/c1-12(21-13(2)28)14-5-7-15(8-6-14)17-11-31-20(22-17)23-19(30)16-9-27(25-24-16)10-18(29)26(3)4/h5-9,11-12H,10H2,1-4H3,(H,21,28)(H,22,23,30). The Kier molecular flexibility index (Phi) is 6.75. The highest BCUT2D eigenvalue weighted by molar-refractivity contribution is 7.14. The van der Waals surface area contributed by atoms with Crippen LogP contribution in [0.1, 0.15) is 35.9 Å². The van der Waals surface area contributed by atoms with Crippen LogP contribution in [0.15, 0.2) is 35.8 Å². The number of nitrogens with zero attached hydrogens (tertiary/aromatic N) is 5. The smallest absolute Gasteiger partial charge is 0.279 e. The van der Waals surface area contributed by atoms with Crippen LogP contribution in [0.25, 0.3) is 11.3 Å². The number of rotatable bonds is 7. The van der Waals surface area contributed by atoms with E-state index >= 15 is 0 Å². The van der Waals surface area contributed by atoms with E-state index in [-0.39, 0.29) is 30.1 Å². The van der Waals surface area contributed by atoms with Crippen molar-refractivity contribution in [3.63, 3.8) is 0 Å². The van der Waals surface area contributed by atoms with Gasteiger partial charge in [0.2, 0.25) is 11.8 Å². The molecule has 2 heterocycles. The van der Waals surface area contributed by atoms with Crippen LogP contribution in [0, 0.1) is 0 Å². The first kappa shape index (κ1) is 22.1. The number of amides is 3. The summed E-state index contributed by atoms with van der Waals surface area (Å²) in [5.74, 6) is -0.691. The number of thiazole rings is 1. The quantitative estimate of drug-likeness (QED) is 0.578. The molecule has 0 aliphatic rings. The summed E-state index contributed by atoms with van der Waals surface area (Å²) in [5.41, 5.74) is 2.70. The van der Waals surface area contributed by atoms with Gasteiger partial charge in [-0.15, -0.1) is 16.4 Å². The molecule has 3 rings (SSSR count). The number of likely N-dealkylation sites (N-methyl/N-ethyl adjacent to an activating group) is 1. The van der Waals surface area contributed by atoms with Crippen molar-refractivity contribution in [2.75, 3.05) is 19.4 Å². The molecule has 3 amide bonds. The van der Waals surface area contributed by atoms with E-state index in [1.54, 1.807) is 14.1 Å². The van der Waals surface area contributed by atoms with E-state index < -0.39 is 5.91 Å². The minimum Gasteiger partial charge on any atom is -0.350 e. The van der Waals surface area contributed by atoms with Gasteiger partial charge in [0.15, 0.2) is 10.8 Å². The van der Waals surface area contributed by atoms with Crippen molar-refractivity contribution in [1.29, 1.82) is 0 Å². The van der Waals surface area contributed by atoms with E-state index in [0.717, 1.165) is 16.8 Å². The maximum absolute atomic E-state index is 12.4. The number of hydrogen-bond donors (Lipinski definition) is 2. The van der Waals surface area contributed by atoms with Crippen LogP contribution in [-0.2, 0) is 16.1 Å². The number of hydrogen-bond acceptors (Lipinski definition) is 7. The first-order chi connectivity index (χ1) is 14.7.